The Morgan fingerprint density at radius 2 is 1.79 bits per heavy atom. The number of rotatable bonds is 3. The van der Waals surface area contributed by atoms with Gasteiger partial charge in [-0.15, -0.1) is 0 Å². The van der Waals surface area contributed by atoms with Crippen LogP contribution in [0.5, 0.6) is 0 Å². The molecule has 3 fully saturated rings. The maximum Gasteiger partial charge on any atom is 0.338 e. The van der Waals surface area contributed by atoms with Crippen molar-refractivity contribution in [2.24, 2.45) is 5.92 Å². The molecule has 3 aliphatic rings. The lowest BCUT2D eigenvalue weighted by atomic mass is 9.79. The van der Waals surface area contributed by atoms with E-state index >= 15 is 0 Å². The zero-order valence-corrected chi connectivity index (χ0v) is 14.3. The first-order chi connectivity index (χ1) is 11.7. The molecule has 1 saturated carbocycles. The smallest absolute Gasteiger partial charge is 0.338 e. The minimum Gasteiger partial charge on any atom is -0.453 e. The van der Waals surface area contributed by atoms with Crippen molar-refractivity contribution in [1.82, 2.24) is 0 Å². The lowest BCUT2D eigenvalue weighted by molar-refractivity contribution is -0.0148. The predicted octanol–water partition coefficient (Wildman–Crippen LogP) is 3.69. The Labute approximate surface area is 143 Å². The summed E-state index contributed by atoms with van der Waals surface area (Å²) in [5.74, 6) is 1.22. The van der Waals surface area contributed by atoms with E-state index < -0.39 is 0 Å². The van der Waals surface area contributed by atoms with Gasteiger partial charge in [-0.2, -0.15) is 0 Å². The second-order valence-corrected chi connectivity index (χ2v) is 7.52. The van der Waals surface area contributed by atoms with E-state index in [0.29, 0.717) is 24.7 Å². The number of carbonyl (C=O) groups is 1. The molecule has 130 valence electrons. The largest absolute Gasteiger partial charge is 0.453 e. The molecule has 1 aromatic carbocycles. The lowest BCUT2D eigenvalue weighted by Gasteiger charge is -2.26. The van der Waals surface area contributed by atoms with E-state index in [0.717, 1.165) is 12.3 Å². The van der Waals surface area contributed by atoms with E-state index in [1.54, 1.807) is 0 Å². The molecule has 4 heteroatoms. The van der Waals surface area contributed by atoms with Gasteiger partial charge >= 0.3 is 5.97 Å². The second-order valence-electron chi connectivity index (χ2n) is 7.52. The fraction of sp³-hybridized carbons (Fsp3) is 0.650. The predicted molar refractivity (Wildman–Crippen MR) is 90.1 cm³/mol. The Balaban J connectivity index is 1.37. The number of esters is 1. The standard InChI is InChI=1S/C20H26O4/c1-13-2-4-14(5-3-13)15-6-8-16(9-7-15)20(21)24-18-12-23-17-10-11-22-19(17)18/h6-9,13-14,17-19H,2-5,10-12H2,1H3/t13?,14?,17-,18?,19+/m1/s1. The van der Waals surface area contributed by atoms with Gasteiger partial charge < -0.3 is 14.2 Å². The third-order valence-corrected chi connectivity index (χ3v) is 5.81. The average molecular weight is 330 g/mol. The van der Waals surface area contributed by atoms with Crippen molar-refractivity contribution >= 4 is 5.97 Å². The lowest BCUT2D eigenvalue weighted by Crippen LogP contribution is -2.32. The third-order valence-electron chi connectivity index (χ3n) is 5.81. The number of hydrogen-bond donors (Lipinski definition) is 0. The summed E-state index contributed by atoms with van der Waals surface area (Å²) in [7, 11) is 0. The Bertz CT molecular complexity index is 574. The highest BCUT2D eigenvalue weighted by Crippen LogP contribution is 2.35. The van der Waals surface area contributed by atoms with Crippen LogP contribution in [0.3, 0.4) is 0 Å². The molecular formula is C20H26O4. The molecule has 0 radical (unpaired) electrons. The fourth-order valence-electron chi connectivity index (χ4n) is 4.22. The summed E-state index contributed by atoms with van der Waals surface area (Å²) in [6, 6.07) is 7.99. The molecule has 0 spiro atoms. The number of carbonyl (C=O) groups excluding carboxylic acids is 1. The van der Waals surface area contributed by atoms with Gasteiger partial charge in [0.1, 0.15) is 6.10 Å². The quantitative estimate of drug-likeness (QED) is 0.793. The SMILES string of the molecule is CC1CCC(c2ccc(C(=O)OC3CO[C@@H]4CCO[C@H]34)cc2)CC1. The summed E-state index contributed by atoms with van der Waals surface area (Å²) in [4.78, 5) is 12.4. The minimum absolute atomic E-state index is 0.0857. The van der Waals surface area contributed by atoms with Crippen molar-refractivity contribution in [2.75, 3.05) is 13.2 Å². The first kappa shape index (κ1) is 16.1. The van der Waals surface area contributed by atoms with Crippen LogP contribution < -0.4 is 0 Å². The second kappa shape index (κ2) is 6.85. The average Bonchev–Trinajstić information content (AvgIpc) is 3.21. The van der Waals surface area contributed by atoms with Gasteiger partial charge in [0.2, 0.25) is 0 Å². The summed E-state index contributed by atoms with van der Waals surface area (Å²) >= 11 is 0. The van der Waals surface area contributed by atoms with Crippen LogP contribution in [-0.4, -0.2) is 37.5 Å². The Kier molecular flexibility index (Phi) is 4.59. The molecule has 0 bridgehead atoms. The van der Waals surface area contributed by atoms with Gasteiger partial charge in [-0.05, 0) is 48.8 Å². The van der Waals surface area contributed by atoms with Gasteiger partial charge in [0, 0.05) is 6.61 Å². The zero-order chi connectivity index (χ0) is 16.5. The molecule has 2 saturated heterocycles. The van der Waals surface area contributed by atoms with E-state index in [9.17, 15) is 4.79 Å². The van der Waals surface area contributed by atoms with Gasteiger partial charge in [0.25, 0.3) is 0 Å². The molecule has 3 atom stereocenters. The van der Waals surface area contributed by atoms with Crippen LogP contribution in [0.2, 0.25) is 0 Å². The van der Waals surface area contributed by atoms with E-state index in [-0.39, 0.29) is 24.3 Å². The highest BCUT2D eigenvalue weighted by atomic mass is 16.6. The minimum atomic E-state index is -0.274. The highest BCUT2D eigenvalue weighted by Gasteiger charge is 2.44. The molecule has 2 heterocycles. The molecule has 0 amide bonds. The molecule has 2 aliphatic heterocycles. The van der Waals surface area contributed by atoms with Gasteiger partial charge in [-0.25, -0.2) is 4.79 Å². The molecule has 4 rings (SSSR count). The number of ether oxygens (including phenoxy) is 3. The van der Waals surface area contributed by atoms with Crippen molar-refractivity contribution < 1.29 is 19.0 Å². The molecular weight excluding hydrogens is 304 g/mol. The summed E-state index contributed by atoms with van der Waals surface area (Å²) in [5.41, 5.74) is 1.96. The highest BCUT2D eigenvalue weighted by molar-refractivity contribution is 5.89. The van der Waals surface area contributed by atoms with Crippen molar-refractivity contribution in [3.05, 3.63) is 35.4 Å². The van der Waals surface area contributed by atoms with Crippen LogP contribution in [0.1, 0.15) is 60.9 Å². The summed E-state index contributed by atoms with van der Waals surface area (Å²) in [6.07, 6.45) is 5.75. The Morgan fingerprint density at radius 1 is 1.04 bits per heavy atom. The number of hydrogen-bond acceptors (Lipinski definition) is 4. The topological polar surface area (TPSA) is 44.8 Å². The van der Waals surface area contributed by atoms with Gasteiger partial charge in [0.15, 0.2) is 6.10 Å². The Morgan fingerprint density at radius 3 is 2.54 bits per heavy atom. The van der Waals surface area contributed by atoms with E-state index in [2.05, 4.69) is 19.1 Å². The van der Waals surface area contributed by atoms with Crippen molar-refractivity contribution in [2.45, 2.75) is 63.3 Å². The van der Waals surface area contributed by atoms with Crippen LogP contribution in [0.15, 0.2) is 24.3 Å². The van der Waals surface area contributed by atoms with Gasteiger partial charge in [-0.1, -0.05) is 31.9 Å². The van der Waals surface area contributed by atoms with Crippen molar-refractivity contribution in [1.29, 1.82) is 0 Å². The summed E-state index contributed by atoms with van der Waals surface area (Å²) in [5, 5.41) is 0. The third kappa shape index (κ3) is 3.22. The van der Waals surface area contributed by atoms with Gasteiger partial charge in [-0.3, -0.25) is 0 Å². The first-order valence-electron chi connectivity index (χ1n) is 9.25. The monoisotopic (exact) mass is 330 g/mol. The molecule has 1 unspecified atom stereocenters. The molecule has 24 heavy (non-hydrogen) atoms. The molecule has 1 aromatic rings. The maximum absolute atomic E-state index is 12.4. The number of fused-ring (bicyclic) bond motifs is 1. The first-order valence-corrected chi connectivity index (χ1v) is 9.25. The summed E-state index contributed by atoms with van der Waals surface area (Å²) < 4.78 is 16.9. The maximum atomic E-state index is 12.4. The molecule has 1 aliphatic carbocycles. The fourth-order valence-corrected chi connectivity index (χ4v) is 4.22. The molecule has 0 aromatic heterocycles. The van der Waals surface area contributed by atoms with E-state index in [1.807, 2.05) is 12.1 Å². The normalized spacial score (nSPS) is 35.6. The zero-order valence-electron chi connectivity index (χ0n) is 14.3. The van der Waals surface area contributed by atoms with E-state index in [4.69, 9.17) is 14.2 Å². The van der Waals surface area contributed by atoms with Crippen LogP contribution in [0, 0.1) is 5.92 Å². The van der Waals surface area contributed by atoms with E-state index in [1.165, 1.54) is 31.2 Å². The molecule has 0 N–H and O–H groups in total. The number of benzene rings is 1. The van der Waals surface area contributed by atoms with Crippen molar-refractivity contribution in [3.8, 4) is 0 Å². The molecule has 4 nitrogen and oxygen atoms in total. The van der Waals surface area contributed by atoms with Crippen LogP contribution in [-0.2, 0) is 14.2 Å². The van der Waals surface area contributed by atoms with Crippen LogP contribution >= 0.6 is 0 Å². The van der Waals surface area contributed by atoms with Crippen LogP contribution in [0.4, 0.5) is 0 Å². The van der Waals surface area contributed by atoms with Crippen LogP contribution in [0.25, 0.3) is 0 Å². The van der Waals surface area contributed by atoms with Crippen molar-refractivity contribution in [3.63, 3.8) is 0 Å². The van der Waals surface area contributed by atoms with Gasteiger partial charge in [0.05, 0.1) is 18.3 Å². The Hall–Kier alpha value is -1.39. The summed E-state index contributed by atoms with van der Waals surface area (Å²) in [6.45, 7) is 3.47.